The first-order chi connectivity index (χ1) is 9.32. The maximum Gasteiger partial charge on any atom is 0.514 e. The SMILES string of the molecule is CC(CO)CCC(C)(C)OC(=O)Oc1ccc(O)cc1. The highest BCUT2D eigenvalue weighted by Gasteiger charge is 2.24. The molecule has 1 atom stereocenters. The van der Waals surface area contributed by atoms with E-state index in [0.717, 1.165) is 6.42 Å². The summed E-state index contributed by atoms with van der Waals surface area (Å²) in [4.78, 5) is 11.7. The van der Waals surface area contributed by atoms with Crippen molar-refractivity contribution in [2.24, 2.45) is 5.92 Å². The fraction of sp³-hybridized carbons (Fsp3) is 0.533. The molecule has 0 saturated heterocycles. The van der Waals surface area contributed by atoms with Crippen LogP contribution in [0.25, 0.3) is 0 Å². The van der Waals surface area contributed by atoms with Gasteiger partial charge in [-0.25, -0.2) is 4.79 Å². The Balaban J connectivity index is 2.45. The topological polar surface area (TPSA) is 76.0 Å². The number of aromatic hydroxyl groups is 1. The van der Waals surface area contributed by atoms with Crippen molar-refractivity contribution < 1.29 is 24.5 Å². The van der Waals surface area contributed by atoms with E-state index in [1.54, 1.807) is 13.8 Å². The van der Waals surface area contributed by atoms with Crippen LogP contribution in [-0.2, 0) is 4.74 Å². The van der Waals surface area contributed by atoms with Crippen LogP contribution in [-0.4, -0.2) is 28.6 Å². The van der Waals surface area contributed by atoms with Crippen molar-refractivity contribution >= 4 is 6.16 Å². The Morgan fingerprint density at radius 3 is 2.45 bits per heavy atom. The van der Waals surface area contributed by atoms with Gasteiger partial charge in [-0.3, -0.25) is 0 Å². The van der Waals surface area contributed by atoms with Crippen LogP contribution in [0, 0.1) is 5.92 Å². The zero-order valence-corrected chi connectivity index (χ0v) is 12.1. The molecular weight excluding hydrogens is 260 g/mol. The maximum absolute atomic E-state index is 11.7. The summed E-state index contributed by atoms with van der Waals surface area (Å²) in [6.45, 7) is 5.66. The van der Waals surface area contributed by atoms with E-state index >= 15 is 0 Å². The van der Waals surface area contributed by atoms with Gasteiger partial charge in [0.05, 0.1) is 0 Å². The van der Waals surface area contributed by atoms with Gasteiger partial charge in [-0.15, -0.1) is 0 Å². The van der Waals surface area contributed by atoms with Crippen LogP contribution in [0.15, 0.2) is 24.3 Å². The zero-order chi connectivity index (χ0) is 15.2. The third-order valence-electron chi connectivity index (χ3n) is 2.95. The van der Waals surface area contributed by atoms with Crippen molar-refractivity contribution in [2.75, 3.05) is 6.61 Å². The zero-order valence-electron chi connectivity index (χ0n) is 12.1. The minimum absolute atomic E-state index is 0.101. The number of carbonyl (C=O) groups excluding carboxylic acids is 1. The van der Waals surface area contributed by atoms with E-state index in [1.807, 2.05) is 6.92 Å². The van der Waals surface area contributed by atoms with E-state index in [9.17, 15) is 4.79 Å². The number of hydrogen-bond donors (Lipinski definition) is 2. The molecule has 1 aromatic carbocycles. The van der Waals surface area contributed by atoms with E-state index in [2.05, 4.69) is 0 Å². The Kier molecular flexibility index (Phi) is 5.82. The van der Waals surface area contributed by atoms with Gasteiger partial charge in [-0.1, -0.05) is 6.92 Å². The fourth-order valence-electron chi connectivity index (χ4n) is 1.59. The molecule has 0 aromatic heterocycles. The third-order valence-corrected chi connectivity index (χ3v) is 2.95. The number of phenols is 1. The molecule has 0 aliphatic heterocycles. The summed E-state index contributed by atoms with van der Waals surface area (Å²) in [6.07, 6.45) is 0.618. The predicted octanol–water partition coefficient (Wildman–Crippen LogP) is 3.09. The van der Waals surface area contributed by atoms with Gasteiger partial charge in [-0.05, 0) is 56.9 Å². The first kappa shape index (κ1) is 16.3. The van der Waals surface area contributed by atoms with Crippen LogP contribution in [0.4, 0.5) is 4.79 Å². The molecule has 0 spiro atoms. The quantitative estimate of drug-likeness (QED) is 0.619. The lowest BCUT2D eigenvalue weighted by molar-refractivity contribution is -0.000175. The second kappa shape index (κ2) is 7.14. The molecule has 0 amide bonds. The number of benzene rings is 1. The summed E-state index contributed by atoms with van der Waals surface area (Å²) in [5.41, 5.74) is -0.655. The molecule has 2 N–H and O–H groups in total. The van der Waals surface area contributed by atoms with Crippen LogP contribution in [0.2, 0.25) is 0 Å². The van der Waals surface area contributed by atoms with Gasteiger partial charge in [0.1, 0.15) is 17.1 Å². The second-order valence-corrected chi connectivity index (χ2v) is 5.53. The maximum atomic E-state index is 11.7. The molecule has 0 fully saturated rings. The van der Waals surface area contributed by atoms with E-state index < -0.39 is 11.8 Å². The summed E-state index contributed by atoms with van der Waals surface area (Å²) in [6, 6.07) is 5.82. The molecule has 5 nitrogen and oxygen atoms in total. The summed E-state index contributed by atoms with van der Waals surface area (Å²) in [5, 5.41) is 18.1. The van der Waals surface area contributed by atoms with Crippen LogP contribution < -0.4 is 4.74 Å². The van der Waals surface area contributed by atoms with Gasteiger partial charge >= 0.3 is 6.16 Å². The van der Waals surface area contributed by atoms with Gasteiger partial charge in [0.15, 0.2) is 0 Å². The summed E-state index contributed by atoms with van der Waals surface area (Å²) < 4.78 is 10.3. The van der Waals surface area contributed by atoms with Gasteiger partial charge in [0.25, 0.3) is 0 Å². The molecule has 0 aliphatic rings. The minimum atomic E-state index is -0.780. The Labute approximate surface area is 119 Å². The standard InChI is InChI=1S/C15H22O5/c1-11(10-16)8-9-15(2,3)20-14(18)19-13-6-4-12(17)5-7-13/h4-7,11,16-17H,8-10H2,1-3H3. The van der Waals surface area contributed by atoms with Gasteiger partial charge in [0.2, 0.25) is 0 Å². The summed E-state index contributed by atoms with van der Waals surface area (Å²) in [7, 11) is 0. The van der Waals surface area contributed by atoms with Gasteiger partial charge in [0, 0.05) is 6.61 Å². The normalized spacial score (nSPS) is 12.8. The van der Waals surface area contributed by atoms with Crippen molar-refractivity contribution in [1.29, 1.82) is 0 Å². The fourth-order valence-corrected chi connectivity index (χ4v) is 1.59. The van der Waals surface area contributed by atoms with Crippen LogP contribution >= 0.6 is 0 Å². The van der Waals surface area contributed by atoms with Crippen molar-refractivity contribution in [3.63, 3.8) is 0 Å². The Morgan fingerprint density at radius 2 is 1.90 bits per heavy atom. The number of ether oxygens (including phenoxy) is 2. The summed E-state index contributed by atoms with van der Waals surface area (Å²) >= 11 is 0. The average Bonchev–Trinajstić information content (AvgIpc) is 2.38. The molecule has 1 aromatic rings. The Morgan fingerprint density at radius 1 is 1.30 bits per heavy atom. The number of aliphatic hydroxyl groups excluding tert-OH is 1. The van der Waals surface area contributed by atoms with Crippen LogP contribution in [0.1, 0.15) is 33.6 Å². The largest absolute Gasteiger partial charge is 0.514 e. The van der Waals surface area contributed by atoms with Crippen molar-refractivity contribution in [3.8, 4) is 11.5 Å². The third kappa shape index (κ3) is 5.93. The van der Waals surface area contributed by atoms with Crippen molar-refractivity contribution in [3.05, 3.63) is 24.3 Å². The molecule has 0 bridgehead atoms. The van der Waals surface area contributed by atoms with E-state index in [-0.39, 0.29) is 18.3 Å². The monoisotopic (exact) mass is 282 g/mol. The predicted molar refractivity (Wildman–Crippen MR) is 74.8 cm³/mol. The lowest BCUT2D eigenvalue weighted by Gasteiger charge is -2.25. The molecule has 1 unspecified atom stereocenters. The lowest BCUT2D eigenvalue weighted by Crippen LogP contribution is -2.30. The molecule has 1 rings (SSSR count). The van der Waals surface area contributed by atoms with E-state index in [0.29, 0.717) is 12.2 Å². The lowest BCUT2D eigenvalue weighted by atomic mass is 9.96. The molecule has 0 radical (unpaired) electrons. The minimum Gasteiger partial charge on any atom is -0.508 e. The van der Waals surface area contributed by atoms with E-state index in [4.69, 9.17) is 19.7 Å². The molecule has 112 valence electrons. The first-order valence-electron chi connectivity index (χ1n) is 6.63. The Hall–Kier alpha value is -1.75. The van der Waals surface area contributed by atoms with Gasteiger partial charge in [-0.2, -0.15) is 0 Å². The number of hydrogen-bond acceptors (Lipinski definition) is 5. The molecule has 0 heterocycles. The molecular formula is C15H22O5. The number of aliphatic hydroxyl groups is 1. The second-order valence-electron chi connectivity index (χ2n) is 5.53. The van der Waals surface area contributed by atoms with Crippen molar-refractivity contribution in [1.82, 2.24) is 0 Å². The van der Waals surface area contributed by atoms with Crippen LogP contribution in [0.5, 0.6) is 11.5 Å². The smallest absolute Gasteiger partial charge is 0.508 e. The Bertz CT molecular complexity index is 424. The molecule has 5 heteroatoms. The number of rotatable bonds is 6. The number of carbonyl (C=O) groups is 1. The molecule has 20 heavy (non-hydrogen) atoms. The summed E-state index contributed by atoms with van der Waals surface area (Å²) in [5.74, 6) is 0.586. The van der Waals surface area contributed by atoms with Crippen LogP contribution in [0.3, 0.4) is 0 Å². The number of phenolic OH excluding ortho intramolecular Hbond substituents is 1. The average molecular weight is 282 g/mol. The first-order valence-corrected chi connectivity index (χ1v) is 6.63. The highest BCUT2D eigenvalue weighted by molar-refractivity contribution is 5.64. The van der Waals surface area contributed by atoms with Crippen molar-refractivity contribution in [2.45, 2.75) is 39.2 Å². The highest BCUT2D eigenvalue weighted by atomic mass is 16.7. The molecule has 0 saturated carbocycles. The molecule has 0 aliphatic carbocycles. The highest BCUT2D eigenvalue weighted by Crippen LogP contribution is 2.22. The van der Waals surface area contributed by atoms with E-state index in [1.165, 1.54) is 24.3 Å². The van der Waals surface area contributed by atoms with Gasteiger partial charge < -0.3 is 19.7 Å².